The van der Waals surface area contributed by atoms with Gasteiger partial charge in [0.2, 0.25) is 6.79 Å². The number of hydrogen-bond acceptors (Lipinski definition) is 5. The second kappa shape index (κ2) is 7.41. The van der Waals surface area contributed by atoms with E-state index in [1.807, 2.05) is 55.5 Å². The Morgan fingerprint density at radius 3 is 2.81 bits per heavy atom. The summed E-state index contributed by atoms with van der Waals surface area (Å²) in [5.41, 5.74) is 3.79. The normalized spacial score (nSPS) is 12.0. The van der Waals surface area contributed by atoms with Crippen LogP contribution >= 0.6 is 0 Å². The van der Waals surface area contributed by atoms with Gasteiger partial charge in [0, 0.05) is 5.56 Å². The molecule has 0 saturated heterocycles. The summed E-state index contributed by atoms with van der Waals surface area (Å²) >= 11 is 0. The number of fused-ring (bicyclic) bond motifs is 1. The topological polar surface area (TPSA) is 85.5 Å². The smallest absolute Gasteiger partial charge is 0.412 e. The number of aromatic nitrogens is 2. The molecule has 0 aliphatic carbocycles. The fourth-order valence-electron chi connectivity index (χ4n) is 2.88. The van der Waals surface area contributed by atoms with Crippen molar-refractivity contribution in [2.45, 2.75) is 20.0 Å². The zero-order valence-electron chi connectivity index (χ0n) is 14.8. The zero-order chi connectivity index (χ0) is 18.6. The van der Waals surface area contributed by atoms with Crippen LogP contribution in [0.4, 0.5) is 10.5 Å². The van der Waals surface area contributed by atoms with Crippen molar-refractivity contribution in [1.82, 2.24) is 10.2 Å². The van der Waals surface area contributed by atoms with Gasteiger partial charge in [-0.3, -0.25) is 10.4 Å². The van der Waals surface area contributed by atoms with E-state index in [9.17, 15) is 4.79 Å². The number of anilines is 1. The van der Waals surface area contributed by atoms with Gasteiger partial charge >= 0.3 is 6.09 Å². The van der Waals surface area contributed by atoms with Gasteiger partial charge in [0.25, 0.3) is 0 Å². The molecule has 7 heteroatoms. The van der Waals surface area contributed by atoms with Gasteiger partial charge in [-0.05, 0) is 30.2 Å². The molecule has 2 heterocycles. The summed E-state index contributed by atoms with van der Waals surface area (Å²) in [5.74, 6) is 1.35. The molecule has 1 aliphatic rings. The minimum absolute atomic E-state index is 0.200. The lowest BCUT2D eigenvalue weighted by atomic mass is 10.1. The number of benzene rings is 2. The number of H-pyrrole nitrogens is 1. The summed E-state index contributed by atoms with van der Waals surface area (Å²) in [6.45, 7) is 2.39. The highest BCUT2D eigenvalue weighted by atomic mass is 16.7. The van der Waals surface area contributed by atoms with Gasteiger partial charge in [-0.1, -0.05) is 37.3 Å². The Labute approximate surface area is 156 Å². The number of nitrogens with one attached hydrogen (secondary N) is 2. The van der Waals surface area contributed by atoms with Crippen LogP contribution in [0.25, 0.3) is 11.3 Å². The van der Waals surface area contributed by atoms with Gasteiger partial charge < -0.3 is 14.2 Å². The van der Waals surface area contributed by atoms with E-state index in [0.717, 1.165) is 16.8 Å². The number of hydrogen-bond donors (Lipinski definition) is 2. The van der Waals surface area contributed by atoms with Gasteiger partial charge in [-0.25, -0.2) is 4.79 Å². The van der Waals surface area contributed by atoms with Crippen molar-refractivity contribution >= 4 is 11.8 Å². The summed E-state index contributed by atoms with van der Waals surface area (Å²) in [7, 11) is 0. The Morgan fingerprint density at radius 1 is 1.19 bits per heavy atom. The maximum atomic E-state index is 12.3. The van der Waals surface area contributed by atoms with Crippen molar-refractivity contribution in [2.75, 3.05) is 12.1 Å². The summed E-state index contributed by atoms with van der Waals surface area (Å²) in [4.78, 5) is 12.3. The SMILES string of the molecule is CCc1[nH]nc(-c2ccc3c(c2)OCO3)c1NC(=O)OCc1ccccc1. The molecule has 1 aliphatic heterocycles. The molecule has 0 spiro atoms. The molecule has 1 amide bonds. The van der Waals surface area contributed by atoms with Crippen molar-refractivity contribution in [3.63, 3.8) is 0 Å². The first-order valence-corrected chi connectivity index (χ1v) is 8.69. The van der Waals surface area contributed by atoms with Crippen LogP contribution in [0.2, 0.25) is 0 Å². The van der Waals surface area contributed by atoms with Gasteiger partial charge in [0.1, 0.15) is 12.3 Å². The molecule has 4 rings (SSSR count). The first-order valence-electron chi connectivity index (χ1n) is 8.69. The fourth-order valence-corrected chi connectivity index (χ4v) is 2.88. The van der Waals surface area contributed by atoms with Crippen LogP contribution in [0.5, 0.6) is 11.5 Å². The molecular weight excluding hydrogens is 346 g/mol. The quantitative estimate of drug-likeness (QED) is 0.710. The summed E-state index contributed by atoms with van der Waals surface area (Å²) in [5, 5.41) is 10.2. The molecule has 1 aromatic heterocycles. The van der Waals surface area contributed by atoms with Crippen molar-refractivity contribution in [2.24, 2.45) is 0 Å². The molecule has 0 bridgehead atoms. The molecule has 0 fully saturated rings. The standard InChI is InChI=1S/C20H19N3O4/c1-2-15-19(21-20(24)25-11-13-6-4-3-5-7-13)18(23-22-15)14-8-9-16-17(10-14)27-12-26-16/h3-10H,2,11-12H2,1H3,(H,21,24)(H,22,23). The Morgan fingerprint density at radius 2 is 2.00 bits per heavy atom. The van der Waals surface area contributed by atoms with Crippen LogP contribution in [0.15, 0.2) is 48.5 Å². The number of nitrogens with zero attached hydrogens (tertiary/aromatic N) is 1. The van der Waals surface area contributed by atoms with Gasteiger partial charge in [0.15, 0.2) is 11.5 Å². The second-order valence-corrected chi connectivity index (χ2v) is 6.03. The molecule has 0 radical (unpaired) electrons. The third-order valence-electron chi connectivity index (χ3n) is 4.28. The van der Waals surface area contributed by atoms with Crippen LogP contribution < -0.4 is 14.8 Å². The Kier molecular flexibility index (Phi) is 4.65. The van der Waals surface area contributed by atoms with Crippen molar-refractivity contribution in [1.29, 1.82) is 0 Å². The first kappa shape index (κ1) is 17.0. The highest BCUT2D eigenvalue weighted by Gasteiger charge is 2.20. The average Bonchev–Trinajstić information content (AvgIpc) is 3.33. The van der Waals surface area contributed by atoms with E-state index < -0.39 is 6.09 Å². The summed E-state index contributed by atoms with van der Waals surface area (Å²) in [6.07, 6.45) is 0.156. The lowest BCUT2D eigenvalue weighted by Gasteiger charge is -2.09. The number of rotatable bonds is 5. The Balaban J connectivity index is 1.53. The van der Waals surface area contributed by atoms with Crippen LogP contribution in [0.1, 0.15) is 18.2 Å². The maximum Gasteiger partial charge on any atom is 0.412 e. The summed E-state index contributed by atoms with van der Waals surface area (Å²) in [6, 6.07) is 15.1. The predicted octanol–water partition coefficient (Wildman–Crippen LogP) is 4.12. The molecule has 0 unspecified atom stereocenters. The van der Waals surface area contributed by atoms with Gasteiger partial charge in [-0.15, -0.1) is 0 Å². The van der Waals surface area contributed by atoms with Crippen LogP contribution in [-0.4, -0.2) is 23.1 Å². The monoisotopic (exact) mass is 365 g/mol. The van der Waals surface area contributed by atoms with E-state index in [4.69, 9.17) is 14.2 Å². The minimum atomic E-state index is -0.531. The Hall–Kier alpha value is -3.48. The number of aromatic amines is 1. The van der Waals surface area contributed by atoms with Crippen molar-refractivity contribution < 1.29 is 19.0 Å². The van der Waals surface area contributed by atoms with E-state index in [0.29, 0.717) is 29.3 Å². The van der Waals surface area contributed by atoms with E-state index in [1.165, 1.54) is 0 Å². The largest absolute Gasteiger partial charge is 0.454 e. The summed E-state index contributed by atoms with van der Waals surface area (Å²) < 4.78 is 16.1. The number of aryl methyl sites for hydroxylation is 1. The lowest BCUT2D eigenvalue weighted by Crippen LogP contribution is -2.14. The number of carbonyl (C=O) groups is 1. The van der Waals surface area contributed by atoms with Crippen LogP contribution in [-0.2, 0) is 17.8 Å². The highest BCUT2D eigenvalue weighted by molar-refractivity contribution is 5.91. The highest BCUT2D eigenvalue weighted by Crippen LogP contribution is 2.38. The van der Waals surface area contributed by atoms with E-state index in [1.54, 1.807) is 0 Å². The average molecular weight is 365 g/mol. The predicted molar refractivity (Wildman–Crippen MR) is 99.8 cm³/mol. The molecule has 2 aromatic carbocycles. The molecule has 2 N–H and O–H groups in total. The number of carbonyl (C=O) groups excluding carboxylic acids is 1. The molecule has 7 nitrogen and oxygen atoms in total. The van der Waals surface area contributed by atoms with Crippen LogP contribution in [0.3, 0.4) is 0 Å². The molecule has 0 saturated carbocycles. The van der Waals surface area contributed by atoms with E-state index in [-0.39, 0.29) is 13.4 Å². The molecule has 3 aromatic rings. The van der Waals surface area contributed by atoms with Gasteiger partial charge in [-0.2, -0.15) is 5.10 Å². The Bertz CT molecular complexity index is 953. The third-order valence-corrected chi connectivity index (χ3v) is 4.28. The number of amides is 1. The first-order chi connectivity index (χ1) is 13.2. The molecule has 138 valence electrons. The molecule has 0 atom stereocenters. The fraction of sp³-hybridized carbons (Fsp3) is 0.200. The zero-order valence-corrected chi connectivity index (χ0v) is 14.8. The van der Waals surface area contributed by atoms with Crippen molar-refractivity contribution in [3.05, 3.63) is 59.8 Å². The van der Waals surface area contributed by atoms with Crippen molar-refractivity contribution in [3.8, 4) is 22.8 Å². The molecular formula is C20H19N3O4. The third kappa shape index (κ3) is 3.57. The minimum Gasteiger partial charge on any atom is -0.454 e. The maximum absolute atomic E-state index is 12.3. The second-order valence-electron chi connectivity index (χ2n) is 6.03. The van der Waals surface area contributed by atoms with Gasteiger partial charge in [0.05, 0.1) is 11.4 Å². The van der Waals surface area contributed by atoms with Crippen LogP contribution in [0, 0.1) is 0 Å². The lowest BCUT2D eigenvalue weighted by molar-refractivity contribution is 0.155. The number of ether oxygens (including phenoxy) is 3. The molecule has 27 heavy (non-hydrogen) atoms. The van der Waals surface area contributed by atoms with E-state index in [2.05, 4.69) is 15.5 Å². The van der Waals surface area contributed by atoms with E-state index >= 15 is 0 Å².